The summed E-state index contributed by atoms with van der Waals surface area (Å²) in [5.41, 5.74) is 0.688. The normalized spacial score (nSPS) is 12.3. The van der Waals surface area contributed by atoms with Crippen LogP contribution in [0.25, 0.3) is 10.1 Å². The number of anilines is 1. The van der Waals surface area contributed by atoms with Gasteiger partial charge in [-0.25, -0.2) is 4.79 Å². The summed E-state index contributed by atoms with van der Waals surface area (Å²) in [6.07, 6.45) is 1.88. The van der Waals surface area contributed by atoms with Crippen LogP contribution in [0.4, 0.5) is 5.69 Å². The van der Waals surface area contributed by atoms with Gasteiger partial charge in [0.25, 0.3) is 0 Å². The minimum atomic E-state index is -0.928. The van der Waals surface area contributed by atoms with Crippen molar-refractivity contribution in [2.45, 2.75) is 12.2 Å². The molecule has 0 spiro atoms. The zero-order chi connectivity index (χ0) is 14.0. The van der Waals surface area contributed by atoms with Crippen molar-refractivity contribution >= 4 is 50.7 Å². The van der Waals surface area contributed by atoms with E-state index in [1.54, 1.807) is 18.2 Å². The molecule has 0 aliphatic carbocycles. The van der Waals surface area contributed by atoms with E-state index in [4.69, 9.17) is 5.11 Å². The smallest absolute Gasteiger partial charge is 0.345 e. The van der Waals surface area contributed by atoms with Crippen LogP contribution in [0.15, 0.2) is 24.3 Å². The highest BCUT2D eigenvalue weighted by atomic mass is 32.2. The lowest BCUT2D eigenvalue weighted by Gasteiger charge is -2.09. The fraction of sp³-hybridized carbons (Fsp3) is 0.231. The molecule has 100 valence electrons. The summed E-state index contributed by atoms with van der Waals surface area (Å²) in [6, 6.07) is 7.03. The summed E-state index contributed by atoms with van der Waals surface area (Å²) in [7, 11) is 0. The number of thiophene rings is 1. The van der Waals surface area contributed by atoms with Crippen molar-refractivity contribution in [2.24, 2.45) is 0 Å². The van der Waals surface area contributed by atoms with Crippen molar-refractivity contribution in [3.63, 3.8) is 0 Å². The van der Waals surface area contributed by atoms with Crippen LogP contribution >= 0.6 is 23.1 Å². The number of carbonyl (C=O) groups is 2. The van der Waals surface area contributed by atoms with E-state index in [0.717, 1.165) is 10.1 Å². The van der Waals surface area contributed by atoms with Crippen molar-refractivity contribution in [3.8, 4) is 0 Å². The van der Waals surface area contributed by atoms with E-state index in [2.05, 4.69) is 5.32 Å². The van der Waals surface area contributed by atoms with Crippen molar-refractivity contribution in [2.75, 3.05) is 11.6 Å². The molecule has 2 aromatic rings. The molecule has 1 amide bonds. The first-order valence-electron chi connectivity index (χ1n) is 5.62. The topological polar surface area (TPSA) is 66.4 Å². The third kappa shape index (κ3) is 3.08. The average molecular weight is 295 g/mol. The van der Waals surface area contributed by atoms with Crippen LogP contribution in [0.5, 0.6) is 0 Å². The molecular formula is C13H13NO3S2. The third-order valence-electron chi connectivity index (χ3n) is 2.72. The Morgan fingerprint density at radius 3 is 2.74 bits per heavy atom. The maximum absolute atomic E-state index is 11.8. The molecule has 0 radical (unpaired) electrons. The maximum Gasteiger partial charge on any atom is 0.345 e. The Morgan fingerprint density at radius 2 is 2.11 bits per heavy atom. The number of hydrogen-bond acceptors (Lipinski definition) is 4. The van der Waals surface area contributed by atoms with Crippen LogP contribution in [-0.2, 0) is 4.79 Å². The number of hydrogen-bond donors (Lipinski definition) is 2. The highest BCUT2D eigenvalue weighted by molar-refractivity contribution is 7.99. The van der Waals surface area contributed by atoms with Gasteiger partial charge in [0, 0.05) is 10.4 Å². The first kappa shape index (κ1) is 13.9. The number of benzene rings is 1. The van der Waals surface area contributed by atoms with E-state index in [-0.39, 0.29) is 11.2 Å². The van der Waals surface area contributed by atoms with Gasteiger partial charge < -0.3 is 10.4 Å². The third-order valence-corrected chi connectivity index (χ3v) is 4.74. The second-order valence-corrected chi connectivity index (χ2v) is 6.30. The van der Waals surface area contributed by atoms with E-state index >= 15 is 0 Å². The molecule has 0 saturated heterocycles. The van der Waals surface area contributed by atoms with Crippen molar-refractivity contribution in [1.29, 1.82) is 0 Å². The number of thioether (sulfide) groups is 1. The zero-order valence-corrected chi connectivity index (χ0v) is 12.1. The number of carboxylic acid groups (broad SMARTS) is 1. The van der Waals surface area contributed by atoms with Gasteiger partial charge in [-0.1, -0.05) is 0 Å². The summed E-state index contributed by atoms with van der Waals surface area (Å²) in [5, 5.41) is 12.5. The fourth-order valence-corrected chi connectivity index (χ4v) is 2.73. The minimum absolute atomic E-state index is 0.0551. The van der Waals surface area contributed by atoms with Gasteiger partial charge in [-0.2, -0.15) is 11.8 Å². The molecule has 19 heavy (non-hydrogen) atoms. The molecule has 1 aromatic heterocycles. The van der Waals surface area contributed by atoms with Crippen LogP contribution in [-0.4, -0.2) is 28.5 Å². The van der Waals surface area contributed by atoms with Gasteiger partial charge in [-0.05, 0) is 42.8 Å². The largest absolute Gasteiger partial charge is 0.477 e. The first-order valence-corrected chi connectivity index (χ1v) is 7.72. The molecule has 0 fully saturated rings. The average Bonchev–Trinajstić information content (AvgIpc) is 2.81. The maximum atomic E-state index is 11.8. The van der Waals surface area contributed by atoms with Crippen molar-refractivity contribution < 1.29 is 14.7 Å². The summed E-state index contributed by atoms with van der Waals surface area (Å²) >= 11 is 2.70. The van der Waals surface area contributed by atoms with Gasteiger partial charge in [0.2, 0.25) is 5.91 Å². The van der Waals surface area contributed by atoms with Gasteiger partial charge in [-0.15, -0.1) is 11.3 Å². The van der Waals surface area contributed by atoms with Gasteiger partial charge in [0.1, 0.15) is 4.88 Å². The molecule has 0 aliphatic rings. The number of carbonyl (C=O) groups excluding carboxylic acids is 1. The number of amides is 1. The van der Waals surface area contributed by atoms with Crippen LogP contribution in [0.3, 0.4) is 0 Å². The molecule has 4 nitrogen and oxygen atoms in total. The summed E-state index contributed by atoms with van der Waals surface area (Å²) in [5.74, 6) is -0.983. The molecule has 1 atom stereocenters. The predicted octanol–water partition coefficient (Wildman–Crippen LogP) is 3.29. The summed E-state index contributed by atoms with van der Waals surface area (Å²) in [6.45, 7) is 1.84. The Kier molecular flexibility index (Phi) is 4.11. The van der Waals surface area contributed by atoms with E-state index in [1.165, 1.54) is 23.1 Å². The highest BCUT2D eigenvalue weighted by Gasteiger charge is 2.12. The van der Waals surface area contributed by atoms with E-state index in [9.17, 15) is 9.59 Å². The monoisotopic (exact) mass is 295 g/mol. The highest BCUT2D eigenvalue weighted by Crippen LogP contribution is 2.28. The Labute approximate surface area is 118 Å². The zero-order valence-electron chi connectivity index (χ0n) is 10.5. The molecular weight excluding hydrogens is 282 g/mol. The molecule has 0 aliphatic heterocycles. The van der Waals surface area contributed by atoms with Crippen molar-refractivity contribution in [1.82, 2.24) is 0 Å². The fourth-order valence-electron chi connectivity index (χ4n) is 1.58. The Hall–Kier alpha value is -1.53. The van der Waals surface area contributed by atoms with Gasteiger partial charge in [0.15, 0.2) is 0 Å². The van der Waals surface area contributed by atoms with Crippen LogP contribution in [0.2, 0.25) is 0 Å². The summed E-state index contributed by atoms with van der Waals surface area (Å²) < 4.78 is 0.897. The predicted molar refractivity (Wildman–Crippen MR) is 80.4 cm³/mol. The molecule has 1 aromatic carbocycles. The first-order chi connectivity index (χ1) is 9.01. The SMILES string of the molecule is CSC(C)C(=O)Nc1ccc2sc(C(=O)O)cc2c1. The van der Waals surface area contributed by atoms with Crippen LogP contribution < -0.4 is 5.32 Å². The number of aromatic carboxylic acids is 1. The van der Waals surface area contributed by atoms with E-state index in [1.807, 2.05) is 19.2 Å². The van der Waals surface area contributed by atoms with Gasteiger partial charge in [-0.3, -0.25) is 4.79 Å². The second-order valence-electron chi connectivity index (χ2n) is 4.04. The van der Waals surface area contributed by atoms with E-state index in [0.29, 0.717) is 10.6 Å². The lowest BCUT2D eigenvalue weighted by atomic mass is 10.2. The molecule has 2 N–H and O–H groups in total. The lowest BCUT2D eigenvalue weighted by Crippen LogP contribution is -2.21. The van der Waals surface area contributed by atoms with Gasteiger partial charge in [0.05, 0.1) is 5.25 Å². The Balaban J connectivity index is 2.26. The van der Waals surface area contributed by atoms with Gasteiger partial charge >= 0.3 is 5.97 Å². The molecule has 1 unspecified atom stereocenters. The van der Waals surface area contributed by atoms with Crippen LogP contribution in [0.1, 0.15) is 16.6 Å². The Morgan fingerprint density at radius 1 is 1.37 bits per heavy atom. The lowest BCUT2D eigenvalue weighted by molar-refractivity contribution is -0.115. The molecule has 1 heterocycles. The molecule has 2 rings (SSSR count). The number of carboxylic acids is 1. The number of fused-ring (bicyclic) bond motifs is 1. The standard InChI is InChI=1S/C13H13NO3S2/c1-7(18-2)12(15)14-9-3-4-10-8(5-9)6-11(19-10)13(16)17/h3-7H,1-2H3,(H,14,15)(H,16,17). The number of nitrogens with one attached hydrogen (secondary N) is 1. The molecule has 0 saturated carbocycles. The van der Waals surface area contributed by atoms with Crippen molar-refractivity contribution in [3.05, 3.63) is 29.1 Å². The molecule has 0 bridgehead atoms. The van der Waals surface area contributed by atoms with Crippen LogP contribution in [0, 0.1) is 0 Å². The quantitative estimate of drug-likeness (QED) is 0.908. The number of rotatable bonds is 4. The summed E-state index contributed by atoms with van der Waals surface area (Å²) in [4.78, 5) is 23.0. The molecule has 6 heteroatoms. The van der Waals surface area contributed by atoms with E-state index < -0.39 is 5.97 Å². The Bertz CT molecular complexity index is 636. The second kappa shape index (κ2) is 5.63. The minimum Gasteiger partial charge on any atom is -0.477 e.